The van der Waals surface area contributed by atoms with E-state index in [1.807, 2.05) is 6.92 Å². The fraction of sp³-hybridized carbons (Fsp3) is 0.778. The number of hydrogen-bond acceptors (Lipinski definition) is 3. The molecule has 3 unspecified atom stereocenters. The summed E-state index contributed by atoms with van der Waals surface area (Å²) >= 11 is 6.38. The van der Waals surface area contributed by atoms with Gasteiger partial charge in [-0.25, -0.2) is 0 Å². The standard InChI is InChI=1S/C18H26ClN3O2/c1-3-10(2)22-16(19)14(9-20-22)17(23)21-15-12-4-11-5-13(15)8-18(24,6-11)7-12/h9-13,15,24H,3-8H2,1-2H3,(H,21,23). The van der Waals surface area contributed by atoms with Crippen molar-refractivity contribution in [1.82, 2.24) is 15.1 Å². The van der Waals surface area contributed by atoms with Gasteiger partial charge in [-0.3, -0.25) is 9.48 Å². The Morgan fingerprint density at radius 1 is 1.46 bits per heavy atom. The van der Waals surface area contributed by atoms with E-state index in [1.54, 1.807) is 10.9 Å². The molecule has 4 aliphatic carbocycles. The predicted octanol–water partition coefficient (Wildman–Crippen LogP) is 3.18. The highest BCUT2D eigenvalue weighted by Gasteiger charge is 2.55. The van der Waals surface area contributed by atoms with Crippen LogP contribution in [-0.4, -0.2) is 32.4 Å². The first-order valence-electron chi connectivity index (χ1n) is 9.16. The SMILES string of the molecule is CCC(C)n1ncc(C(=O)NC2C3CC4CC2CC(O)(C4)C3)c1Cl. The molecule has 4 fully saturated rings. The van der Waals surface area contributed by atoms with E-state index in [2.05, 4.69) is 17.3 Å². The lowest BCUT2D eigenvalue weighted by atomic mass is 9.52. The van der Waals surface area contributed by atoms with Crippen molar-refractivity contribution >= 4 is 17.5 Å². The Bertz CT molecular complexity index is 643. The Kier molecular flexibility index (Phi) is 3.92. The predicted molar refractivity (Wildman–Crippen MR) is 92.0 cm³/mol. The van der Waals surface area contributed by atoms with Crippen molar-refractivity contribution < 1.29 is 9.90 Å². The zero-order chi connectivity index (χ0) is 17.1. The Morgan fingerprint density at radius 3 is 2.71 bits per heavy atom. The third-order valence-corrected chi connectivity index (χ3v) is 6.90. The molecule has 132 valence electrons. The van der Waals surface area contributed by atoms with Gasteiger partial charge in [0.25, 0.3) is 5.91 Å². The molecule has 0 spiro atoms. The highest BCUT2D eigenvalue weighted by Crippen LogP contribution is 2.55. The fourth-order valence-corrected chi connectivity index (χ4v) is 5.77. The second-order valence-electron chi connectivity index (χ2n) is 8.24. The zero-order valence-corrected chi connectivity index (χ0v) is 15.1. The van der Waals surface area contributed by atoms with Crippen molar-refractivity contribution in [2.75, 3.05) is 0 Å². The lowest BCUT2D eigenvalue weighted by Gasteiger charge is -2.58. The summed E-state index contributed by atoms with van der Waals surface area (Å²) in [4.78, 5) is 12.8. The summed E-state index contributed by atoms with van der Waals surface area (Å²) in [7, 11) is 0. The maximum atomic E-state index is 12.8. The summed E-state index contributed by atoms with van der Waals surface area (Å²) in [5.41, 5.74) is -0.0129. The quantitative estimate of drug-likeness (QED) is 0.875. The van der Waals surface area contributed by atoms with Crippen LogP contribution in [0.1, 0.15) is 68.8 Å². The molecule has 1 aromatic rings. The molecule has 1 heterocycles. The van der Waals surface area contributed by atoms with Crippen LogP contribution in [0, 0.1) is 17.8 Å². The van der Waals surface area contributed by atoms with E-state index < -0.39 is 5.60 Å². The van der Waals surface area contributed by atoms with Gasteiger partial charge in [0.15, 0.2) is 0 Å². The monoisotopic (exact) mass is 351 g/mol. The number of halogens is 1. The van der Waals surface area contributed by atoms with E-state index in [4.69, 9.17) is 11.6 Å². The van der Waals surface area contributed by atoms with Crippen molar-refractivity contribution in [3.63, 3.8) is 0 Å². The van der Waals surface area contributed by atoms with Crippen molar-refractivity contribution in [1.29, 1.82) is 0 Å². The summed E-state index contributed by atoms with van der Waals surface area (Å²) in [6.45, 7) is 4.11. The van der Waals surface area contributed by atoms with Gasteiger partial charge in [0, 0.05) is 6.04 Å². The third kappa shape index (κ3) is 2.57. The van der Waals surface area contributed by atoms with Crippen molar-refractivity contribution in [2.45, 2.75) is 70.1 Å². The Labute approximate surface area is 147 Å². The number of aromatic nitrogens is 2. The molecule has 24 heavy (non-hydrogen) atoms. The topological polar surface area (TPSA) is 67.2 Å². The minimum absolute atomic E-state index is 0.126. The minimum atomic E-state index is -0.475. The van der Waals surface area contributed by atoms with E-state index in [9.17, 15) is 9.90 Å². The van der Waals surface area contributed by atoms with Crippen molar-refractivity contribution in [3.8, 4) is 0 Å². The highest BCUT2D eigenvalue weighted by molar-refractivity contribution is 6.32. The molecule has 5 nitrogen and oxygen atoms in total. The largest absolute Gasteiger partial charge is 0.390 e. The van der Waals surface area contributed by atoms with E-state index in [0.717, 1.165) is 38.5 Å². The number of amides is 1. The molecule has 4 aliphatic rings. The summed E-state index contributed by atoms with van der Waals surface area (Å²) in [6.07, 6.45) is 7.35. The average Bonchev–Trinajstić information content (AvgIpc) is 2.90. The lowest BCUT2D eigenvalue weighted by molar-refractivity contribution is -0.136. The molecule has 4 bridgehead atoms. The number of nitrogens with zero attached hydrogens (tertiary/aromatic N) is 2. The van der Waals surface area contributed by atoms with Crippen LogP contribution in [-0.2, 0) is 0 Å². The average molecular weight is 352 g/mol. The van der Waals surface area contributed by atoms with Gasteiger partial charge in [-0.05, 0) is 63.2 Å². The van der Waals surface area contributed by atoms with Crippen LogP contribution in [0.5, 0.6) is 0 Å². The highest BCUT2D eigenvalue weighted by atomic mass is 35.5. The molecule has 3 atom stereocenters. The third-order valence-electron chi connectivity index (χ3n) is 6.53. The molecule has 1 amide bonds. The van der Waals surface area contributed by atoms with Crippen LogP contribution < -0.4 is 5.32 Å². The summed E-state index contributed by atoms with van der Waals surface area (Å²) in [5, 5.41) is 18.6. The summed E-state index contributed by atoms with van der Waals surface area (Å²) in [6, 6.07) is 0.340. The van der Waals surface area contributed by atoms with Gasteiger partial charge in [0.05, 0.1) is 23.4 Å². The number of carbonyl (C=O) groups excluding carboxylic acids is 1. The molecule has 4 saturated carbocycles. The van der Waals surface area contributed by atoms with Gasteiger partial charge in [0.2, 0.25) is 0 Å². The van der Waals surface area contributed by atoms with Gasteiger partial charge in [-0.1, -0.05) is 18.5 Å². The molecule has 6 heteroatoms. The number of hydrogen-bond donors (Lipinski definition) is 2. The molecule has 2 N–H and O–H groups in total. The van der Waals surface area contributed by atoms with Crippen LogP contribution in [0.2, 0.25) is 5.15 Å². The zero-order valence-electron chi connectivity index (χ0n) is 14.3. The first-order chi connectivity index (χ1) is 11.4. The lowest BCUT2D eigenvalue weighted by Crippen LogP contribution is -2.61. The number of rotatable bonds is 4. The van der Waals surface area contributed by atoms with E-state index in [1.165, 1.54) is 0 Å². The van der Waals surface area contributed by atoms with Gasteiger partial charge in [-0.2, -0.15) is 5.10 Å². The Balaban J connectivity index is 1.50. The van der Waals surface area contributed by atoms with E-state index >= 15 is 0 Å². The van der Waals surface area contributed by atoms with Crippen LogP contribution in [0.4, 0.5) is 0 Å². The molecular weight excluding hydrogens is 326 g/mol. The van der Waals surface area contributed by atoms with Crippen LogP contribution in [0.25, 0.3) is 0 Å². The Morgan fingerprint density at radius 2 is 2.12 bits per heavy atom. The minimum Gasteiger partial charge on any atom is -0.390 e. The molecule has 0 aromatic carbocycles. The van der Waals surface area contributed by atoms with E-state index in [-0.39, 0.29) is 18.0 Å². The van der Waals surface area contributed by atoms with Gasteiger partial charge in [-0.15, -0.1) is 0 Å². The van der Waals surface area contributed by atoms with Crippen molar-refractivity contribution in [2.24, 2.45) is 17.8 Å². The van der Waals surface area contributed by atoms with Crippen molar-refractivity contribution in [3.05, 3.63) is 16.9 Å². The molecule has 5 rings (SSSR count). The molecular formula is C18H26ClN3O2. The molecule has 0 aliphatic heterocycles. The summed E-state index contributed by atoms with van der Waals surface area (Å²) in [5.74, 6) is 1.30. The summed E-state index contributed by atoms with van der Waals surface area (Å²) < 4.78 is 1.72. The van der Waals surface area contributed by atoms with Gasteiger partial charge < -0.3 is 10.4 Å². The van der Waals surface area contributed by atoms with Crippen LogP contribution >= 0.6 is 11.6 Å². The number of aliphatic hydroxyl groups is 1. The number of nitrogens with one attached hydrogen (secondary N) is 1. The first-order valence-corrected chi connectivity index (χ1v) is 9.54. The molecule has 1 aromatic heterocycles. The molecule has 0 saturated heterocycles. The Hall–Kier alpha value is -1.07. The normalized spacial score (nSPS) is 38.3. The maximum Gasteiger partial charge on any atom is 0.256 e. The second kappa shape index (κ2) is 5.73. The van der Waals surface area contributed by atoms with Crippen LogP contribution in [0.15, 0.2) is 6.20 Å². The first kappa shape index (κ1) is 16.4. The number of carbonyl (C=O) groups is 1. The fourth-order valence-electron chi connectivity index (χ4n) is 5.43. The second-order valence-corrected chi connectivity index (χ2v) is 8.60. The van der Waals surface area contributed by atoms with E-state index in [0.29, 0.717) is 28.5 Å². The molecule has 0 radical (unpaired) electrons. The smallest absolute Gasteiger partial charge is 0.256 e. The van der Waals surface area contributed by atoms with Gasteiger partial charge >= 0.3 is 0 Å². The maximum absolute atomic E-state index is 12.8. The van der Waals surface area contributed by atoms with Gasteiger partial charge in [0.1, 0.15) is 5.15 Å². The van der Waals surface area contributed by atoms with Crippen LogP contribution in [0.3, 0.4) is 0 Å².